The van der Waals surface area contributed by atoms with Crippen LogP contribution in [0, 0.1) is 0 Å². The van der Waals surface area contributed by atoms with Crippen molar-refractivity contribution < 1.29 is 14.7 Å². The number of halogens is 1. The molecule has 0 bridgehead atoms. The fraction of sp³-hybridized carbons (Fsp3) is 0.600. The van der Waals surface area contributed by atoms with Crippen LogP contribution >= 0.6 is 22.6 Å². The molecule has 4 nitrogen and oxygen atoms in total. The smallest absolute Gasteiger partial charge is 0.326 e. The van der Waals surface area contributed by atoms with Crippen molar-refractivity contribution in [3.8, 4) is 0 Å². The number of carboxylic acids is 1. The zero-order valence-electron chi connectivity index (χ0n) is 5.43. The van der Waals surface area contributed by atoms with Crippen LogP contribution in [0.3, 0.4) is 0 Å². The molecule has 1 amide bonds. The summed E-state index contributed by atoms with van der Waals surface area (Å²) >= 11 is 1.50. The van der Waals surface area contributed by atoms with Gasteiger partial charge in [0.25, 0.3) is 3.91 Å². The summed E-state index contributed by atoms with van der Waals surface area (Å²) in [6.45, 7) is 1.70. The second-order valence-electron chi connectivity index (χ2n) is 1.72. The van der Waals surface area contributed by atoms with Gasteiger partial charge in [0.2, 0.25) is 0 Å². The Labute approximate surface area is 72.1 Å². The summed E-state index contributed by atoms with van der Waals surface area (Å²) in [5.41, 5.74) is 0. The van der Waals surface area contributed by atoms with E-state index in [9.17, 15) is 9.59 Å². The third-order valence-electron chi connectivity index (χ3n) is 0.994. The molecule has 5 heteroatoms. The highest BCUT2D eigenvalue weighted by atomic mass is 127. The molecule has 0 aromatic heterocycles. The molecule has 0 aliphatic rings. The summed E-state index contributed by atoms with van der Waals surface area (Å²) < 4.78 is -0.341. The highest BCUT2D eigenvalue weighted by Crippen LogP contribution is 1.93. The lowest BCUT2D eigenvalue weighted by atomic mass is 10.2. The monoisotopic (exact) mass is 257 g/mol. The van der Waals surface area contributed by atoms with E-state index in [4.69, 9.17) is 5.11 Å². The van der Waals surface area contributed by atoms with Crippen LogP contribution in [0.4, 0.5) is 4.79 Å². The standard InChI is InChI=1S/C5H8INO3/c1-2-3(4(8)9)7-5(6)10/h3H,2H2,1H3,(H,7,10)(H,8,9). The summed E-state index contributed by atoms with van der Waals surface area (Å²) in [5, 5.41) is 10.7. The molecule has 0 heterocycles. The predicted molar refractivity (Wildman–Crippen MR) is 44.3 cm³/mol. The molecule has 58 valence electrons. The van der Waals surface area contributed by atoms with Gasteiger partial charge in [-0.25, -0.2) is 4.79 Å². The van der Waals surface area contributed by atoms with Crippen molar-refractivity contribution in [1.82, 2.24) is 5.32 Å². The van der Waals surface area contributed by atoms with Crippen molar-refractivity contribution in [2.45, 2.75) is 19.4 Å². The van der Waals surface area contributed by atoms with Crippen LogP contribution in [0.25, 0.3) is 0 Å². The Morgan fingerprint density at radius 3 is 2.30 bits per heavy atom. The number of aliphatic carboxylic acids is 1. The molecule has 0 aromatic carbocycles. The summed E-state index contributed by atoms with van der Waals surface area (Å²) in [6, 6.07) is -0.746. The van der Waals surface area contributed by atoms with Gasteiger partial charge in [0.1, 0.15) is 6.04 Å². The second-order valence-corrected chi connectivity index (χ2v) is 2.70. The van der Waals surface area contributed by atoms with Crippen molar-refractivity contribution in [2.75, 3.05) is 0 Å². The van der Waals surface area contributed by atoms with Crippen molar-refractivity contribution in [1.29, 1.82) is 0 Å². The Kier molecular flexibility index (Phi) is 4.33. The number of amides is 1. The van der Waals surface area contributed by atoms with Gasteiger partial charge in [-0.2, -0.15) is 0 Å². The van der Waals surface area contributed by atoms with Crippen LogP contribution in [-0.4, -0.2) is 21.0 Å². The molecule has 10 heavy (non-hydrogen) atoms. The highest BCUT2D eigenvalue weighted by molar-refractivity contribution is 14.1. The average Bonchev–Trinajstić information content (AvgIpc) is 1.81. The van der Waals surface area contributed by atoms with E-state index < -0.39 is 12.0 Å². The van der Waals surface area contributed by atoms with E-state index >= 15 is 0 Å². The summed E-state index contributed by atoms with van der Waals surface area (Å²) in [7, 11) is 0. The molecular weight excluding hydrogens is 249 g/mol. The molecule has 2 N–H and O–H groups in total. The summed E-state index contributed by atoms with van der Waals surface area (Å²) in [6.07, 6.45) is 0.407. The van der Waals surface area contributed by atoms with Crippen molar-refractivity contribution in [3.05, 3.63) is 0 Å². The first-order chi connectivity index (χ1) is 4.57. The van der Waals surface area contributed by atoms with Gasteiger partial charge >= 0.3 is 5.97 Å². The molecule has 0 saturated heterocycles. The number of hydrogen-bond donors (Lipinski definition) is 2. The Hall–Kier alpha value is -0.330. The minimum atomic E-state index is -0.993. The quantitative estimate of drug-likeness (QED) is 0.450. The molecule has 0 aliphatic carbocycles. The van der Waals surface area contributed by atoms with Gasteiger partial charge < -0.3 is 10.4 Å². The normalized spacial score (nSPS) is 12.2. The van der Waals surface area contributed by atoms with Gasteiger partial charge in [-0.05, 0) is 6.42 Å². The zero-order chi connectivity index (χ0) is 8.15. The second kappa shape index (κ2) is 4.48. The van der Waals surface area contributed by atoms with Crippen LogP contribution in [0.1, 0.15) is 13.3 Å². The minimum absolute atomic E-state index is 0.341. The lowest BCUT2D eigenvalue weighted by Crippen LogP contribution is -2.37. The van der Waals surface area contributed by atoms with Crippen LogP contribution in [0.15, 0.2) is 0 Å². The number of carbonyl (C=O) groups excluding carboxylic acids is 1. The highest BCUT2D eigenvalue weighted by Gasteiger charge is 2.15. The molecule has 0 rings (SSSR count). The summed E-state index contributed by atoms with van der Waals surface area (Å²) in [5.74, 6) is -0.993. The number of nitrogens with one attached hydrogen (secondary N) is 1. The maximum Gasteiger partial charge on any atom is 0.326 e. The van der Waals surface area contributed by atoms with Crippen LogP contribution in [-0.2, 0) is 4.79 Å². The van der Waals surface area contributed by atoms with Crippen molar-refractivity contribution in [2.24, 2.45) is 0 Å². The van der Waals surface area contributed by atoms with Gasteiger partial charge in [-0.15, -0.1) is 0 Å². The van der Waals surface area contributed by atoms with E-state index in [0.717, 1.165) is 0 Å². The molecule has 1 atom stereocenters. The van der Waals surface area contributed by atoms with Gasteiger partial charge in [0.15, 0.2) is 0 Å². The Balaban J connectivity index is 3.83. The minimum Gasteiger partial charge on any atom is -0.480 e. The Morgan fingerprint density at radius 2 is 2.20 bits per heavy atom. The topological polar surface area (TPSA) is 66.4 Å². The first-order valence-electron chi connectivity index (χ1n) is 2.76. The third-order valence-corrected chi connectivity index (χ3v) is 1.31. The number of carboxylic acid groups (broad SMARTS) is 1. The first-order valence-corrected chi connectivity index (χ1v) is 3.84. The van der Waals surface area contributed by atoms with Crippen molar-refractivity contribution in [3.63, 3.8) is 0 Å². The molecule has 0 saturated carbocycles. The largest absolute Gasteiger partial charge is 0.480 e. The molecule has 0 fully saturated rings. The Bertz CT molecular complexity index is 148. The molecular formula is C5H8INO3. The summed E-state index contributed by atoms with van der Waals surface area (Å²) in [4.78, 5) is 20.6. The number of hydrogen-bond acceptors (Lipinski definition) is 2. The molecule has 0 aromatic rings. The fourth-order valence-electron chi connectivity index (χ4n) is 0.475. The molecule has 0 spiro atoms. The fourth-order valence-corrected chi connectivity index (χ4v) is 0.851. The van der Waals surface area contributed by atoms with Gasteiger partial charge in [-0.3, -0.25) is 4.79 Å². The molecule has 1 unspecified atom stereocenters. The number of rotatable bonds is 3. The predicted octanol–water partition coefficient (Wildman–Crippen LogP) is 0.994. The maximum atomic E-state index is 10.3. The van der Waals surface area contributed by atoms with E-state index in [2.05, 4.69) is 5.32 Å². The third kappa shape index (κ3) is 3.65. The molecule has 0 aliphatic heterocycles. The zero-order valence-corrected chi connectivity index (χ0v) is 7.58. The lowest BCUT2D eigenvalue weighted by molar-refractivity contribution is -0.139. The average molecular weight is 257 g/mol. The van der Waals surface area contributed by atoms with Gasteiger partial charge in [0.05, 0.1) is 0 Å². The van der Waals surface area contributed by atoms with Crippen LogP contribution in [0.2, 0.25) is 0 Å². The molecule has 0 radical (unpaired) electrons. The van der Waals surface area contributed by atoms with E-state index in [1.165, 1.54) is 22.6 Å². The van der Waals surface area contributed by atoms with Crippen LogP contribution in [0.5, 0.6) is 0 Å². The van der Waals surface area contributed by atoms with Gasteiger partial charge in [0, 0.05) is 22.6 Å². The lowest BCUT2D eigenvalue weighted by Gasteiger charge is -2.07. The first kappa shape index (κ1) is 9.67. The van der Waals surface area contributed by atoms with Crippen molar-refractivity contribution >= 4 is 32.5 Å². The van der Waals surface area contributed by atoms with Crippen LogP contribution < -0.4 is 5.32 Å². The Morgan fingerprint density at radius 1 is 1.70 bits per heavy atom. The van der Waals surface area contributed by atoms with E-state index in [0.29, 0.717) is 6.42 Å². The SMILES string of the molecule is CCC(NC(=O)I)C(=O)O. The van der Waals surface area contributed by atoms with E-state index in [1.807, 2.05) is 0 Å². The van der Waals surface area contributed by atoms with E-state index in [-0.39, 0.29) is 3.91 Å². The van der Waals surface area contributed by atoms with Gasteiger partial charge in [-0.1, -0.05) is 6.92 Å². The maximum absolute atomic E-state index is 10.3. The van der Waals surface area contributed by atoms with E-state index in [1.54, 1.807) is 6.92 Å². The number of carbonyl (C=O) groups is 2.